The zero-order valence-corrected chi connectivity index (χ0v) is 12.8. The molecule has 110 valence electrons. The smallest absolute Gasteiger partial charge is 0.262 e. The van der Waals surface area contributed by atoms with Crippen LogP contribution in [0.5, 0.6) is 5.75 Å². The van der Waals surface area contributed by atoms with Crippen LogP contribution in [0.4, 0.5) is 11.4 Å². The molecule has 4 nitrogen and oxygen atoms in total. The minimum atomic E-state index is -0.346. The molecule has 0 spiro atoms. The van der Waals surface area contributed by atoms with Crippen LogP contribution < -0.4 is 15.8 Å². The third-order valence-electron chi connectivity index (χ3n) is 2.80. The van der Waals surface area contributed by atoms with Crippen LogP contribution >= 0.6 is 23.2 Å². The number of benzene rings is 2. The Kier molecular flexibility index (Phi) is 4.94. The summed E-state index contributed by atoms with van der Waals surface area (Å²) in [4.78, 5) is 11.9. The first-order valence-electron chi connectivity index (χ1n) is 6.20. The monoisotopic (exact) mass is 324 g/mol. The molecule has 2 aromatic carbocycles. The average Bonchev–Trinajstić information content (AvgIpc) is 2.47. The summed E-state index contributed by atoms with van der Waals surface area (Å²) in [7, 11) is 0. The minimum Gasteiger partial charge on any atom is -0.484 e. The fourth-order valence-electron chi connectivity index (χ4n) is 1.66. The molecule has 0 aliphatic heterocycles. The van der Waals surface area contributed by atoms with Crippen LogP contribution in [0, 0.1) is 6.92 Å². The van der Waals surface area contributed by atoms with Crippen molar-refractivity contribution in [1.82, 2.24) is 0 Å². The van der Waals surface area contributed by atoms with Crippen molar-refractivity contribution in [3.63, 3.8) is 0 Å². The van der Waals surface area contributed by atoms with Crippen molar-refractivity contribution in [3.8, 4) is 5.75 Å². The topological polar surface area (TPSA) is 64.3 Å². The first-order valence-corrected chi connectivity index (χ1v) is 6.96. The summed E-state index contributed by atoms with van der Waals surface area (Å²) in [6.45, 7) is 1.68. The predicted octanol–water partition coefficient (Wildman–Crippen LogP) is 3.90. The van der Waals surface area contributed by atoms with Crippen LogP contribution in [0.15, 0.2) is 36.4 Å². The highest BCUT2D eigenvalue weighted by atomic mass is 35.5. The Labute approximate surface area is 132 Å². The van der Waals surface area contributed by atoms with E-state index in [1.54, 1.807) is 36.4 Å². The van der Waals surface area contributed by atoms with E-state index >= 15 is 0 Å². The number of amides is 1. The van der Waals surface area contributed by atoms with Gasteiger partial charge in [-0.15, -0.1) is 0 Å². The lowest BCUT2D eigenvalue weighted by Gasteiger charge is -2.11. The molecule has 1 amide bonds. The Balaban J connectivity index is 1.99. The van der Waals surface area contributed by atoms with E-state index in [0.717, 1.165) is 5.56 Å². The summed E-state index contributed by atoms with van der Waals surface area (Å²) >= 11 is 12.1. The summed E-state index contributed by atoms with van der Waals surface area (Å²) in [6, 6.07) is 10.2. The number of nitrogens with one attached hydrogen (secondary N) is 1. The molecule has 0 aromatic heterocycles. The molecule has 2 rings (SSSR count). The van der Waals surface area contributed by atoms with Gasteiger partial charge < -0.3 is 15.8 Å². The van der Waals surface area contributed by atoms with Crippen LogP contribution in [0.25, 0.3) is 0 Å². The van der Waals surface area contributed by atoms with Gasteiger partial charge in [-0.2, -0.15) is 0 Å². The van der Waals surface area contributed by atoms with Gasteiger partial charge in [0.1, 0.15) is 5.75 Å². The standard InChI is InChI=1S/C15H14Cl2N2O2/c1-9-2-7-12(16)15(14(9)17)19-13(20)8-21-11-5-3-10(18)4-6-11/h2-7H,8,18H2,1H3,(H,19,20). The minimum absolute atomic E-state index is 0.148. The number of nitrogen functional groups attached to an aromatic ring is 1. The van der Waals surface area contributed by atoms with E-state index in [-0.39, 0.29) is 12.5 Å². The molecule has 0 radical (unpaired) electrons. The molecule has 2 aromatic rings. The van der Waals surface area contributed by atoms with Gasteiger partial charge in [0.05, 0.1) is 15.7 Å². The molecule has 6 heteroatoms. The van der Waals surface area contributed by atoms with E-state index in [2.05, 4.69) is 5.32 Å². The molecule has 3 N–H and O–H groups in total. The largest absolute Gasteiger partial charge is 0.484 e. The molecule has 0 unspecified atom stereocenters. The van der Waals surface area contributed by atoms with E-state index in [9.17, 15) is 4.79 Å². The summed E-state index contributed by atoms with van der Waals surface area (Å²) in [5.74, 6) is 0.210. The Morgan fingerprint density at radius 3 is 2.52 bits per heavy atom. The number of carbonyl (C=O) groups is 1. The third-order valence-corrected chi connectivity index (χ3v) is 3.60. The summed E-state index contributed by atoms with van der Waals surface area (Å²) in [6.07, 6.45) is 0. The van der Waals surface area contributed by atoms with Crippen LogP contribution in [0.2, 0.25) is 10.0 Å². The summed E-state index contributed by atoms with van der Waals surface area (Å²) < 4.78 is 5.35. The van der Waals surface area contributed by atoms with Crippen molar-refractivity contribution in [1.29, 1.82) is 0 Å². The number of anilines is 2. The van der Waals surface area contributed by atoms with Crippen molar-refractivity contribution in [2.24, 2.45) is 0 Å². The van der Waals surface area contributed by atoms with Crippen LogP contribution in [0.1, 0.15) is 5.56 Å². The van der Waals surface area contributed by atoms with Gasteiger partial charge in [-0.3, -0.25) is 4.79 Å². The van der Waals surface area contributed by atoms with Gasteiger partial charge in [0, 0.05) is 5.69 Å². The first kappa shape index (κ1) is 15.5. The number of hydrogen-bond donors (Lipinski definition) is 2. The van der Waals surface area contributed by atoms with Gasteiger partial charge in [0.2, 0.25) is 0 Å². The highest BCUT2D eigenvalue weighted by Crippen LogP contribution is 2.32. The SMILES string of the molecule is Cc1ccc(Cl)c(NC(=O)COc2ccc(N)cc2)c1Cl. The molecule has 21 heavy (non-hydrogen) atoms. The van der Waals surface area contributed by atoms with Gasteiger partial charge >= 0.3 is 0 Å². The zero-order chi connectivity index (χ0) is 15.4. The number of halogens is 2. The van der Waals surface area contributed by atoms with E-state index in [1.807, 2.05) is 6.92 Å². The van der Waals surface area contributed by atoms with E-state index in [0.29, 0.717) is 27.2 Å². The molecule has 0 fully saturated rings. The fraction of sp³-hybridized carbons (Fsp3) is 0.133. The highest BCUT2D eigenvalue weighted by molar-refractivity contribution is 6.40. The van der Waals surface area contributed by atoms with Gasteiger partial charge in [-0.05, 0) is 42.8 Å². The van der Waals surface area contributed by atoms with Crippen molar-refractivity contribution < 1.29 is 9.53 Å². The lowest BCUT2D eigenvalue weighted by Crippen LogP contribution is -2.20. The molecule has 0 aliphatic rings. The Bertz CT molecular complexity index is 657. The number of aryl methyl sites for hydroxylation is 1. The molecule has 0 atom stereocenters. The van der Waals surface area contributed by atoms with E-state index < -0.39 is 0 Å². The van der Waals surface area contributed by atoms with Crippen molar-refractivity contribution in [2.75, 3.05) is 17.7 Å². The maximum absolute atomic E-state index is 11.9. The second kappa shape index (κ2) is 6.70. The van der Waals surface area contributed by atoms with Crippen molar-refractivity contribution in [3.05, 3.63) is 52.0 Å². The number of carbonyl (C=O) groups excluding carboxylic acids is 1. The van der Waals surface area contributed by atoms with Gasteiger partial charge in [0.25, 0.3) is 5.91 Å². The lowest BCUT2D eigenvalue weighted by molar-refractivity contribution is -0.118. The van der Waals surface area contributed by atoms with Gasteiger partial charge in [0.15, 0.2) is 6.61 Å². The predicted molar refractivity (Wildman–Crippen MR) is 86.2 cm³/mol. The fourth-order valence-corrected chi connectivity index (χ4v) is 2.12. The molecule has 0 aliphatic carbocycles. The number of nitrogens with two attached hydrogens (primary N) is 1. The zero-order valence-electron chi connectivity index (χ0n) is 11.3. The normalized spacial score (nSPS) is 10.2. The number of rotatable bonds is 4. The molecular formula is C15H14Cl2N2O2. The lowest BCUT2D eigenvalue weighted by atomic mass is 10.2. The van der Waals surface area contributed by atoms with Gasteiger partial charge in [-0.1, -0.05) is 29.3 Å². The average molecular weight is 325 g/mol. The van der Waals surface area contributed by atoms with Gasteiger partial charge in [-0.25, -0.2) is 0 Å². The molecule has 0 heterocycles. The second-order valence-corrected chi connectivity index (χ2v) is 5.24. The second-order valence-electron chi connectivity index (χ2n) is 4.46. The third kappa shape index (κ3) is 4.03. The van der Waals surface area contributed by atoms with E-state index in [1.165, 1.54) is 0 Å². The first-order chi connectivity index (χ1) is 9.97. The van der Waals surface area contributed by atoms with Crippen LogP contribution in [-0.2, 0) is 4.79 Å². The van der Waals surface area contributed by atoms with Crippen molar-refractivity contribution >= 4 is 40.5 Å². The Morgan fingerprint density at radius 2 is 1.86 bits per heavy atom. The van der Waals surface area contributed by atoms with E-state index in [4.69, 9.17) is 33.7 Å². The van der Waals surface area contributed by atoms with Crippen LogP contribution in [-0.4, -0.2) is 12.5 Å². The summed E-state index contributed by atoms with van der Waals surface area (Å²) in [5.41, 5.74) is 7.42. The molecular weight excluding hydrogens is 311 g/mol. The number of hydrogen-bond acceptors (Lipinski definition) is 3. The maximum Gasteiger partial charge on any atom is 0.262 e. The number of ether oxygens (including phenoxy) is 1. The Morgan fingerprint density at radius 1 is 1.19 bits per heavy atom. The highest BCUT2D eigenvalue weighted by Gasteiger charge is 2.12. The molecule has 0 saturated carbocycles. The Hall–Kier alpha value is -1.91. The molecule has 0 saturated heterocycles. The summed E-state index contributed by atoms with van der Waals surface area (Å²) in [5, 5.41) is 3.45. The maximum atomic E-state index is 11.9. The quantitative estimate of drug-likeness (QED) is 0.838. The van der Waals surface area contributed by atoms with Crippen LogP contribution in [0.3, 0.4) is 0 Å². The molecule has 0 bridgehead atoms. The van der Waals surface area contributed by atoms with Crippen molar-refractivity contribution in [2.45, 2.75) is 6.92 Å².